The minimum atomic E-state index is -2.81. The van der Waals surface area contributed by atoms with Gasteiger partial charge in [0.05, 0.1) is 0 Å². The zero-order valence-corrected chi connectivity index (χ0v) is 13.3. The molecule has 0 saturated carbocycles. The predicted octanol–water partition coefficient (Wildman–Crippen LogP) is 3.11. The Morgan fingerprint density at radius 2 is 1.68 bits per heavy atom. The molecule has 6 heteroatoms. The molecule has 0 heterocycles. The zero-order chi connectivity index (χ0) is 14.3. The molecule has 1 aromatic rings. The molecular formula is C13H17IO5. The Kier molecular flexibility index (Phi) is 6.61. The van der Waals surface area contributed by atoms with Crippen molar-refractivity contribution < 1.29 is 20.5 Å². The van der Waals surface area contributed by atoms with Gasteiger partial charge in [-0.3, -0.25) is 0 Å². The quantitative estimate of drug-likeness (QED) is 0.710. The van der Waals surface area contributed by atoms with Gasteiger partial charge in [0.1, 0.15) is 0 Å². The summed E-state index contributed by atoms with van der Waals surface area (Å²) in [6.45, 7) is 5.14. The number of para-hydroxylation sites is 1. The van der Waals surface area contributed by atoms with Crippen LogP contribution in [0.5, 0.6) is 5.75 Å². The second-order valence-corrected chi connectivity index (χ2v) is 6.92. The van der Waals surface area contributed by atoms with Crippen LogP contribution in [0.4, 0.5) is 0 Å². The topological polar surface area (TPSA) is 61.8 Å². The first-order valence-electron chi connectivity index (χ1n) is 5.84. The van der Waals surface area contributed by atoms with Crippen LogP contribution in [-0.4, -0.2) is 18.5 Å². The van der Waals surface area contributed by atoms with Crippen LogP contribution in [-0.2, 0) is 15.7 Å². The van der Waals surface area contributed by atoms with E-state index in [1.54, 1.807) is 18.2 Å². The van der Waals surface area contributed by atoms with Crippen LogP contribution in [0.1, 0.15) is 27.2 Å². The molecule has 1 aromatic carbocycles. The van der Waals surface area contributed by atoms with Gasteiger partial charge in [0.2, 0.25) is 0 Å². The van der Waals surface area contributed by atoms with E-state index in [1.165, 1.54) is 13.8 Å². The molecule has 0 radical (unpaired) electrons. The van der Waals surface area contributed by atoms with E-state index in [9.17, 15) is 9.59 Å². The Balaban J connectivity index is 2.98. The number of rotatable bonds is 6. The van der Waals surface area contributed by atoms with Crippen molar-refractivity contribution in [3.63, 3.8) is 0 Å². The third-order valence-corrected chi connectivity index (χ3v) is 5.70. The third kappa shape index (κ3) is 5.46. The molecular weight excluding hydrogens is 363 g/mol. The van der Waals surface area contributed by atoms with E-state index in [0.29, 0.717) is 15.9 Å². The first kappa shape index (κ1) is 15.7. The van der Waals surface area contributed by atoms with E-state index in [1.807, 2.05) is 13.0 Å². The number of carbonyl (C=O) groups is 2. The van der Waals surface area contributed by atoms with Gasteiger partial charge in [0.15, 0.2) is 0 Å². The van der Waals surface area contributed by atoms with Gasteiger partial charge >= 0.3 is 120 Å². The van der Waals surface area contributed by atoms with E-state index in [2.05, 4.69) is 0 Å². The van der Waals surface area contributed by atoms with Gasteiger partial charge < -0.3 is 0 Å². The van der Waals surface area contributed by atoms with Gasteiger partial charge in [-0.05, 0) is 0 Å². The molecule has 0 amide bonds. The summed E-state index contributed by atoms with van der Waals surface area (Å²) < 4.78 is 16.6. The Morgan fingerprint density at radius 3 is 2.21 bits per heavy atom. The van der Waals surface area contributed by atoms with E-state index in [0.717, 1.165) is 6.42 Å². The monoisotopic (exact) mass is 380 g/mol. The summed E-state index contributed by atoms with van der Waals surface area (Å²) in [5, 5.41) is 0. The Labute approximate surface area is 120 Å². The summed E-state index contributed by atoms with van der Waals surface area (Å²) in [5.74, 6) is -0.314. The van der Waals surface area contributed by atoms with Crippen LogP contribution in [0.2, 0.25) is 0 Å². The summed E-state index contributed by atoms with van der Waals surface area (Å²) in [4.78, 5) is 22.2. The Morgan fingerprint density at radius 1 is 1.11 bits per heavy atom. The normalized spacial score (nSPS) is 10.6. The number of carbonyl (C=O) groups excluding carboxylic acids is 2. The maximum atomic E-state index is 11.1. The van der Waals surface area contributed by atoms with Gasteiger partial charge in [-0.15, -0.1) is 0 Å². The van der Waals surface area contributed by atoms with Gasteiger partial charge in [-0.1, -0.05) is 0 Å². The van der Waals surface area contributed by atoms with Crippen LogP contribution in [0, 0.1) is 3.57 Å². The van der Waals surface area contributed by atoms with Gasteiger partial charge in [0, 0.05) is 0 Å². The summed E-state index contributed by atoms with van der Waals surface area (Å²) in [6.07, 6.45) is 0.865. The molecule has 0 unspecified atom stereocenters. The first-order chi connectivity index (χ1) is 9.04. The molecule has 0 aliphatic heterocycles. The molecule has 0 aliphatic carbocycles. The van der Waals surface area contributed by atoms with Crippen LogP contribution >= 0.6 is 20.6 Å². The number of benzene rings is 1. The maximum absolute atomic E-state index is 11.1. The van der Waals surface area contributed by atoms with Gasteiger partial charge in [-0.25, -0.2) is 0 Å². The Bertz CT molecular complexity index is 430. The third-order valence-electron chi connectivity index (χ3n) is 1.82. The summed E-state index contributed by atoms with van der Waals surface area (Å²) in [5.41, 5.74) is 0. The van der Waals surface area contributed by atoms with Crippen LogP contribution in [0.3, 0.4) is 0 Å². The second-order valence-electron chi connectivity index (χ2n) is 3.63. The molecule has 0 atom stereocenters. The van der Waals surface area contributed by atoms with Crippen molar-refractivity contribution in [2.45, 2.75) is 27.2 Å². The standard InChI is InChI=1S/C13H17IO5/c1-4-9-17-13-8-6-5-7-12(13)14(18-10(2)15)19-11(3)16/h5-8H,4,9H2,1-3H3. The average Bonchev–Trinajstić information content (AvgIpc) is 2.35. The fraction of sp³-hybridized carbons (Fsp3) is 0.385. The van der Waals surface area contributed by atoms with Crippen LogP contribution < -0.4 is 4.74 Å². The van der Waals surface area contributed by atoms with Gasteiger partial charge in [-0.2, -0.15) is 0 Å². The molecule has 0 aliphatic rings. The molecule has 0 bridgehead atoms. The van der Waals surface area contributed by atoms with Crippen molar-refractivity contribution >= 4 is 32.6 Å². The summed E-state index contributed by atoms with van der Waals surface area (Å²) in [7, 11) is 0. The van der Waals surface area contributed by atoms with Crippen molar-refractivity contribution in [2.75, 3.05) is 6.61 Å². The van der Waals surface area contributed by atoms with Crippen molar-refractivity contribution in [1.29, 1.82) is 0 Å². The Hall–Kier alpha value is -1.31. The number of hydrogen-bond acceptors (Lipinski definition) is 5. The zero-order valence-electron chi connectivity index (χ0n) is 11.1. The van der Waals surface area contributed by atoms with E-state index >= 15 is 0 Å². The molecule has 0 spiro atoms. The minimum absolute atomic E-state index is 0.461. The van der Waals surface area contributed by atoms with Crippen LogP contribution in [0.25, 0.3) is 0 Å². The van der Waals surface area contributed by atoms with Crippen molar-refractivity contribution in [1.82, 2.24) is 0 Å². The summed E-state index contributed by atoms with van der Waals surface area (Å²) >= 11 is -2.81. The fourth-order valence-electron chi connectivity index (χ4n) is 1.20. The molecule has 0 N–H and O–H groups in total. The van der Waals surface area contributed by atoms with Crippen LogP contribution in [0.15, 0.2) is 24.3 Å². The number of halogens is 1. The first-order valence-corrected chi connectivity index (χ1v) is 8.68. The molecule has 1 rings (SSSR count). The molecule has 5 nitrogen and oxygen atoms in total. The van der Waals surface area contributed by atoms with Gasteiger partial charge in [0.25, 0.3) is 0 Å². The summed E-state index contributed by atoms with van der Waals surface area (Å²) in [6, 6.07) is 7.17. The van der Waals surface area contributed by atoms with E-state index in [-0.39, 0.29) is 0 Å². The molecule has 0 fully saturated rings. The number of ether oxygens (including phenoxy) is 1. The van der Waals surface area contributed by atoms with E-state index < -0.39 is 32.6 Å². The fourth-order valence-corrected chi connectivity index (χ4v) is 4.16. The SMILES string of the molecule is CCCOc1ccccc1I(OC(C)=O)OC(C)=O. The van der Waals surface area contributed by atoms with E-state index in [4.69, 9.17) is 10.9 Å². The number of hydrogen-bond donors (Lipinski definition) is 0. The average molecular weight is 380 g/mol. The molecule has 19 heavy (non-hydrogen) atoms. The van der Waals surface area contributed by atoms with Crippen molar-refractivity contribution in [2.24, 2.45) is 0 Å². The van der Waals surface area contributed by atoms with Crippen molar-refractivity contribution in [3.05, 3.63) is 27.8 Å². The predicted molar refractivity (Wildman–Crippen MR) is 78.5 cm³/mol. The molecule has 0 saturated heterocycles. The second kappa shape index (κ2) is 7.98. The molecule has 0 aromatic heterocycles. The molecule has 106 valence electrons. The van der Waals surface area contributed by atoms with Crippen molar-refractivity contribution in [3.8, 4) is 5.75 Å².